The molecule has 7 heteroatoms. The van der Waals surface area contributed by atoms with E-state index in [0.29, 0.717) is 13.0 Å². The first kappa shape index (κ1) is 15.9. The Morgan fingerprint density at radius 2 is 2.20 bits per heavy atom. The molecule has 0 bridgehead atoms. The quantitative estimate of drug-likeness (QED) is 0.686. The maximum absolute atomic E-state index is 11.9. The van der Waals surface area contributed by atoms with Crippen LogP contribution in [0.5, 0.6) is 0 Å². The van der Waals surface area contributed by atoms with Crippen LogP contribution in [0, 0.1) is 0 Å². The minimum atomic E-state index is -1.11. The molecule has 7 nitrogen and oxygen atoms in total. The van der Waals surface area contributed by atoms with Gasteiger partial charge in [0.15, 0.2) is 0 Å². The van der Waals surface area contributed by atoms with Crippen molar-refractivity contribution < 1.29 is 19.4 Å². The summed E-state index contributed by atoms with van der Waals surface area (Å²) in [4.78, 5) is 34.4. The molecule has 0 fully saturated rings. The van der Waals surface area contributed by atoms with E-state index < -0.39 is 17.9 Å². The zero-order valence-electron chi connectivity index (χ0n) is 11.5. The van der Waals surface area contributed by atoms with Crippen LogP contribution in [0.1, 0.15) is 23.2 Å². The van der Waals surface area contributed by atoms with E-state index in [0.717, 1.165) is 0 Å². The van der Waals surface area contributed by atoms with Crippen molar-refractivity contribution in [2.45, 2.75) is 18.9 Å². The lowest BCUT2D eigenvalue weighted by molar-refractivity contribution is -0.139. The van der Waals surface area contributed by atoms with Gasteiger partial charge in [0, 0.05) is 38.6 Å². The highest BCUT2D eigenvalue weighted by Crippen LogP contribution is 2.01. The first-order valence-corrected chi connectivity index (χ1v) is 6.15. The van der Waals surface area contributed by atoms with Crippen LogP contribution in [0.3, 0.4) is 0 Å². The zero-order valence-corrected chi connectivity index (χ0v) is 11.5. The fourth-order valence-electron chi connectivity index (χ4n) is 1.62. The van der Waals surface area contributed by atoms with Gasteiger partial charge in [0.05, 0.1) is 0 Å². The summed E-state index contributed by atoms with van der Waals surface area (Å²) in [5.74, 6) is -1.69. The van der Waals surface area contributed by atoms with Crippen molar-refractivity contribution in [3.8, 4) is 0 Å². The second-order valence-corrected chi connectivity index (χ2v) is 4.36. The molecule has 0 spiro atoms. The van der Waals surface area contributed by atoms with Crippen LogP contribution in [-0.4, -0.2) is 41.3 Å². The summed E-state index contributed by atoms with van der Waals surface area (Å²) in [5.41, 5.74) is -0.185. The normalized spacial score (nSPS) is 11.9. The van der Waals surface area contributed by atoms with Gasteiger partial charge in [-0.3, -0.25) is 9.59 Å². The van der Waals surface area contributed by atoms with E-state index in [1.807, 2.05) is 0 Å². The number of aromatic nitrogens is 1. The number of nitrogens with one attached hydrogen (secondary N) is 1. The van der Waals surface area contributed by atoms with Gasteiger partial charge in [-0.15, -0.1) is 0 Å². The lowest BCUT2D eigenvalue weighted by Gasteiger charge is -2.14. The molecule has 0 saturated heterocycles. The van der Waals surface area contributed by atoms with Gasteiger partial charge in [-0.1, -0.05) is 0 Å². The Kier molecular flexibility index (Phi) is 5.92. The molecular formula is C13H18N2O5. The second-order valence-electron chi connectivity index (χ2n) is 4.36. The molecule has 1 aromatic rings. The van der Waals surface area contributed by atoms with Gasteiger partial charge in [0.2, 0.25) is 0 Å². The van der Waals surface area contributed by atoms with Crippen LogP contribution in [0.4, 0.5) is 0 Å². The fourth-order valence-corrected chi connectivity index (χ4v) is 1.62. The van der Waals surface area contributed by atoms with Crippen molar-refractivity contribution in [3.05, 3.63) is 34.2 Å². The molecule has 0 aromatic carbocycles. The molecule has 20 heavy (non-hydrogen) atoms. The van der Waals surface area contributed by atoms with Gasteiger partial charge in [-0.05, 0) is 18.9 Å². The second kappa shape index (κ2) is 7.44. The van der Waals surface area contributed by atoms with Gasteiger partial charge >= 0.3 is 5.97 Å². The summed E-state index contributed by atoms with van der Waals surface area (Å²) >= 11 is 0. The molecule has 110 valence electrons. The average molecular weight is 282 g/mol. The summed E-state index contributed by atoms with van der Waals surface area (Å²) in [5, 5.41) is 11.4. The molecule has 1 rings (SSSR count). The molecule has 2 N–H and O–H groups in total. The van der Waals surface area contributed by atoms with E-state index >= 15 is 0 Å². The summed E-state index contributed by atoms with van der Waals surface area (Å²) in [6.07, 6.45) is 2.24. The Morgan fingerprint density at radius 3 is 2.75 bits per heavy atom. The van der Waals surface area contributed by atoms with Gasteiger partial charge in [-0.25, -0.2) is 4.79 Å². The highest BCUT2D eigenvalue weighted by molar-refractivity contribution is 5.96. The lowest BCUT2D eigenvalue weighted by atomic mass is 10.1. The number of carboxylic acid groups (broad SMARTS) is 1. The smallest absolute Gasteiger partial charge is 0.326 e. The van der Waals surface area contributed by atoms with Crippen molar-refractivity contribution in [2.24, 2.45) is 7.05 Å². The summed E-state index contributed by atoms with van der Waals surface area (Å²) in [6.45, 7) is 0.422. The van der Waals surface area contributed by atoms with Crippen molar-refractivity contribution in [2.75, 3.05) is 13.7 Å². The van der Waals surface area contributed by atoms with Gasteiger partial charge in [0.1, 0.15) is 6.04 Å². The van der Waals surface area contributed by atoms with E-state index in [1.54, 1.807) is 7.05 Å². The Balaban J connectivity index is 2.72. The SMILES string of the molecule is COCCCC(NC(=O)c1ccn(C)c(=O)c1)C(=O)O. The number of carbonyl (C=O) groups is 2. The number of carbonyl (C=O) groups excluding carboxylic acids is 1. The van der Waals surface area contributed by atoms with Crippen LogP contribution in [0.2, 0.25) is 0 Å². The van der Waals surface area contributed by atoms with E-state index in [1.165, 1.54) is 30.0 Å². The molecule has 1 aromatic heterocycles. The number of pyridine rings is 1. The Bertz CT molecular complexity index is 538. The topological polar surface area (TPSA) is 97.6 Å². The number of aliphatic carboxylic acids is 1. The van der Waals surface area contributed by atoms with Crippen molar-refractivity contribution in [1.29, 1.82) is 0 Å². The number of aryl methyl sites for hydroxylation is 1. The molecule has 0 saturated carbocycles. The number of rotatable bonds is 7. The molecule has 0 aliphatic carbocycles. The van der Waals surface area contributed by atoms with Crippen LogP contribution in [-0.2, 0) is 16.6 Å². The predicted octanol–water partition coefficient (Wildman–Crippen LogP) is -0.00510. The lowest BCUT2D eigenvalue weighted by Crippen LogP contribution is -2.41. The van der Waals surface area contributed by atoms with Crippen molar-refractivity contribution in [1.82, 2.24) is 9.88 Å². The molecular weight excluding hydrogens is 264 g/mol. The monoisotopic (exact) mass is 282 g/mol. The number of hydrogen-bond donors (Lipinski definition) is 2. The summed E-state index contributed by atoms with van der Waals surface area (Å²) in [6, 6.07) is 1.63. The molecule has 1 heterocycles. The predicted molar refractivity (Wildman–Crippen MR) is 71.7 cm³/mol. The number of amides is 1. The van der Waals surface area contributed by atoms with E-state index in [4.69, 9.17) is 9.84 Å². The third kappa shape index (κ3) is 4.51. The number of ether oxygens (including phenoxy) is 1. The highest BCUT2D eigenvalue weighted by atomic mass is 16.5. The maximum atomic E-state index is 11.9. The molecule has 1 unspecified atom stereocenters. The van der Waals surface area contributed by atoms with Crippen LogP contribution >= 0.6 is 0 Å². The Morgan fingerprint density at radius 1 is 1.50 bits per heavy atom. The molecule has 0 aliphatic heterocycles. The minimum Gasteiger partial charge on any atom is -0.480 e. The van der Waals surface area contributed by atoms with Gasteiger partial charge in [0.25, 0.3) is 11.5 Å². The zero-order chi connectivity index (χ0) is 15.1. The molecule has 0 aliphatic rings. The maximum Gasteiger partial charge on any atom is 0.326 e. The standard InChI is InChI=1S/C13H18N2O5/c1-15-6-5-9(8-11(15)16)12(17)14-10(13(18)19)4-3-7-20-2/h5-6,8,10H,3-4,7H2,1-2H3,(H,14,17)(H,18,19). The first-order valence-electron chi connectivity index (χ1n) is 6.15. The average Bonchev–Trinajstić information content (AvgIpc) is 2.40. The highest BCUT2D eigenvalue weighted by Gasteiger charge is 2.20. The van der Waals surface area contributed by atoms with Crippen molar-refractivity contribution in [3.63, 3.8) is 0 Å². The molecule has 1 amide bonds. The fraction of sp³-hybridized carbons (Fsp3) is 0.462. The summed E-state index contributed by atoms with van der Waals surface area (Å²) < 4.78 is 6.16. The van der Waals surface area contributed by atoms with Crippen LogP contribution < -0.4 is 10.9 Å². The van der Waals surface area contributed by atoms with Crippen LogP contribution in [0.15, 0.2) is 23.1 Å². The minimum absolute atomic E-state index is 0.145. The van der Waals surface area contributed by atoms with Crippen LogP contribution in [0.25, 0.3) is 0 Å². The van der Waals surface area contributed by atoms with E-state index in [2.05, 4.69) is 5.32 Å². The van der Waals surface area contributed by atoms with E-state index in [9.17, 15) is 14.4 Å². The van der Waals surface area contributed by atoms with Gasteiger partial charge in [-0.2, -0.15) is 0 Å². The van der Waals surface area contributed by atoms with Crippen molar-refractivity contribution >= 4 is 11.9 Å². The van der Waals surface area contributed by atoms with Gasteiger partial charge < -0.3 is 19.7 Å². The molecule has 1 atom stereocenters. The molecule has 0 radical (unpaired) electrons. The first-order chi connectivity index (χ1) is 9.45. The summed E-state index contributed by atoms with van der Waals surface area (Å²) in [7, 11) is 3.09. The van der Waals surface area contributed by atoms with E-state index in [-0.39, 0.29) is 17.5 Å². The third-order valence-electron chi connectivity index (χ3n) is 2.81. The largest absolute Gasteiger partial charge is 0.480 e. The number of methoxy groups -OCH3 is 1. The Hall–Kier alpha value is -2.15. The number of carboxylic acids is 1. The number of nitrogens with zero attached hydrogens (tertiary/aromatic N) is 1. The Labute approximate surface area is 116 Å². The third-order valence-corrected chi connectivity index (χ3v) is 2.81. The number of hydrogen-bond acceptors (Lipinski definition) is 4.